The first-order chi connectivity index (χ1) is 7.17. The maximum Gasteiger partial charge on any atom is 0.383 e. The summed E-state index contributed by atoms with van der Waals surface area (Å²) in [5.41, 5.74) is 0. The molecule has 0 heterocycles. The van der Waals surface area contributed by atoms with Crippen molar-refractivity contribution in [1.82, 2.24) is 5.32 Å². The zero-order chi connectivity index (χ0) is 12.9. The molecule has 8 heteroatoms. The van der Waals surface area contributed by atoms with Gasteiger partial charge in [0.15, 0.2) is 0 Å². The molecule has 0 spiro atoms. The van der Waals surface area contributed by atoms with Crippen LogP contribution in [0.1, 0.15) is 13.3 Å². The van der Waals surface area contributed by atoms with Crippen molar-refractivity contribution in [2.24, 2.45) is 0 Å². The lowest BCUT2D eigenvalue weighted by atomic mass is 10.2. The third-order valence-electron chi connectivity index (χ3n) is 1.79. The van der Waals surface area contributed by atoms with Crippen molar-refractivity contribution in [2.75, 3.05) is 12.0 Å². The Kier molecular flexibility index (Phi) is 5.91. The second kappa shape index (κ2) is 6.17. The highest BCUT2D eigenvalue weighted by Gasteiger charge is 2.49. The van der Waals surface area contributed by atoms with E-state index in [1.165, 1.54) is 13.2 Å². The molecular formula is C8H13F4NO2S. The maximum atomic E-state index is 12.5. The average molecular weight is 263 g/mol. The minimum atomic E-state index is -4.68. The average Bonchev–Trinajstić information content (AvgIpc) is 2.14. The van der Waals surface area contributed by atoms with Gasteiger partial charge in [-0.15, -0.1) is 0 Å². The molecule has 0 aliphatic rings. The molecule has 0 aromatic heterocycles. The molecule has 1 N–H and O–H groups in total. The monoisotopic (exact) mass is 263 g/mol. The van der Waals surface area contributed by atoms with Gasteiger partial charge in [0.25, 0.3) is 5.91 Å². The van der Waals surface area contributed by atoms with Crippen LogP contribution in [0.2, 0.25) is 0 Å². The first-order valence-corrected chi connectivity index (χ1v) is 6.17. The van der Waals surface area contributed by atoms with Gasteiger partial charge in [-0.05, 0) is 13.3 Å². The number of carbonyl (C=O) groups excluding carboxylic acids is 1. The zero-order valence-electron chi connectivity index (χ0n) is 8.81. The summed E-state index contributed by atoms with van der Waals surface area (Å²) in [5, 5.41) is 1.75. The summed E-state index contributed by atoms with van der Waals surface area (Å²) in [5.74, 6) is -6.47. The van der Waals surface area contributed by atoms with Crippen LogP contribution in [0.4, 0.5) is 17.6 Å². The summed E-state index contributed by atoms with van der Waals surface area (Å²) in [7, 11) is -1.12. The molecule has 16 heavy (non-hydrogen) atoms. The molecule has 0 saturated carbocycles. The lowest BCUT2D eigenvalue weighted by Gasteiger charge is -2.18. The predicted molar refractivity (Wildman–Crippen MR) is 52.1 cm³/mol. The number of hydrogen-bond acceptors (Lipinski definition) is 2. The lowest BCUT2D eigenvalue weighted by Crippen LogP contribution is -2.48. The largest absolute Gasteiger partial charge is 0.383 e. The van der Waals surface area contributed by atoms with Crippen molar-refractivity contribution in [3.05, 3.63) is 0 Å². The Labute approximate surface area is 93.0 Å². The van der Waals surface area contributed by atoms with Crippen molar-refractivity contribution in [3.63, 3.8) is 0 Å². The van der Waals surface area contributed by atoms with E-state index in [-0.39, 0.29) is 12.2 Å². The van der Waals surface area contributed by atoms with Crippen molar-refractivity contribution in [1.29, 1.82) is 0 Å². The molecule has 0 saturated heterocycles. The van der Waals surface area contributed by atoms with Crippen LogP contribution in [0.3, 0.4) is 0 Å². The summed E-state index contributed by atoms with van der Waals surface area (Å²) >= 11 is 0. The highest BCUT2D eigenvalue weighted by Crippen LogP contribution is 2.22. The topological polar surface area (TPSA) is 46.2 Å². The van der Waals surface area contributed by atoms with Gasteiger partial charge < -0.3 is 5.32 Å². The summed E-state index contributed by atoms with van der Waals surface area (Å²) in [6.45, 7) is 1.38. The Hall–Kier alpha value is -0.660. The van der Waals surface area contributed by atoms with Crippen LogP contribution in [0.15, 0.2) is 0 Å². The van der Waals surface area contributed by atoms with Gasteiger partial charge in [-0.25, -0.2) is 8.78 Å². The first kappa shape index (κ1) is 15.3. The van der Waals surface area contributed by atoms with E-state index >= 15 is 0 Å². The molecule has 2 unspecified atom stereocenters. The molecule has 0 aromatic carbocycles. The Morgan fingerprint density at radius 3 is 2.31 bits per heavy atom. The van der Waals surface area contributed by atoms with E-state index in [4.69, 9.17) is 0 Å². The van der Waals surface area contributed by atoms with Gasteiger partial charge in [0.05, 0.1) is 0 Å². The van der Waals surface area contributed by atoms with Crippen LogP contribution < -0.4 is 5.32 Å². The molecule has 96 valence electrons. The van der Waals surface area contributed by atoms with Crippen LogP contribution in [0.5, 0.6) is 0 Å². The Morgan fingerprint density at radius 1 is 1.44 bits per heavy atom. The van der Waals surface area contributed by atoms with Gasteiger partial charge >= 0.3 is 12.3 Å². The summed E-state index contributed by atoms with van der Waals surface area (Å²) in [4.78, 5) is 10.7. The molecular weight excluding hydrogens is 250 g/mol. The van der Waals surface area contributed by atoms with Crippen molar-refractivity contribution in [3.8, 4) is 0 Å². The van der Waals surface area contributed by atoms with Gasteiger partial charge in [-0.3, -0.25) is 9.00 Å². The predicted octanol–water partition coefficient (Wildman–Crippen LogP) is 1.16. The van der Waals surface area contributed by atoms with E-state index in [1.54, 1.807) is 5.32 Å². The Morgan fingerprint density at radius 2 is 1.94 bits per heavy atom. The molecule has 0 bridgehead atoms. The molecule has 0 aliphatic heterocycles. The maximum absolute atomic E-state index is 12.5. The number of carbonyl (C=O) groups is 1. The van der Waals surface area contributed by atoms with E-state index in [0.29, 0.717) is 0 Å². The molecule has 0 aliphatic carbocycles. The Bertz CT molecular complexity index is 273. The number of amides is 1. The van der Waals surface area contributed by atoms with Gasteiger partial charge in [0, 0.05) is 28.9 Å². The minimum Gasteiger partial charge on any atom is -0.348 e. The highest BCUT2D eigenvalue weighted by atomic mass is 32.2. The van der Waals surface area contributed by atoms with Gasteiger partial charge in [-0.2, -0.15) is 8.78 Å². The molecule has 0 fully saturated rings. The minimum absolute atomic E-state index is 0.189. The second-order valence-corrected chi connectivity index (χ2v) is 4.92. The summed E-state index contributed by atoms with van der Waals surface area (Å²) in [6, 6.07) is -0.721. The van der Waals surface area contributed by atoms with Crippen molar-refractivity contribution < 1.29 is 26.6 Å². The normalized spacial score (nSPS) is 15.9. The highest BCUT2D eigenvalue weighted by molar-refractivity contribution is 7.84. The number of rotatable bonds is 6. The van der Waals surface area contributed by atoms with Crippen LogP contribution in [0.25, 0.3) is 0 Å². The fourth-order valence-electron chi connectivity index (χ4n) is 0.834. The molecule has 0 aromatic rings. The van der Waals surface area contributed by atoms with Crippen LogP contribution in [-0.2, 0) is 15.6 Å². The van der Waals surface area contributed by atoms with Gasteiger partial charge in [0.2, 0.25) is 0 Å². The van der Waals surface area contributed by atoms with Crippen LogP contribution in [0, 0.1) is 0 Å². The number of halogens is 4. The van der Waals surface area contributed by atoms with Crippen molar-refractivity contribution in [2.45, 2.75) is 31.7 Å². The first-order valence-electron chi connectivity index (χ1n) is 4.45. The molecule has 3 nitrogen and oxygen atoms in total. The summed E-state index contributed by atoms with van der Waals surface area (Å²) < 4.78 is 59.2. The van der Waals surface area contributed by atoms with E-state index < -0.39 is 35.1 Å². The van der Waals surface area contributed by atoms with Crippen molar-refractivity contribution >= 4 is 16.7 Å². The van der Waals surface area contributed by atoms with E-state index in [0.717, 1.165) is 0 Å². The molecule has 1 amide bonds. The molecule has 2 atom stereocenters. The third kappa shape index (κ3) is 4.91. The number of nitrogens with one attached hydrogen (secondary N) is 1. The fraction of sp³-hybridized carbons (Fsp3) is 0.875. The van der Waals surface area contributed by atoms with E-state index in [2.05, 4.69) is 0 Å². The van der Waals surface area contributed by atoms with Crippen LogP contribution in [-0.4, -0.2) is 40.5 Å². The quantitative estimate of drug-likeness (QED) is 0.731. The van der Waals surface area contributed by atoms with Gasteiger partial charge in [-0.1, -0.05) is 0 Å². The molecule has 0 radical (unpaired) electrons. The standard InChI is InChI=1S/C8H13F4NO2S/c1-5(3-4-16(2)15)13-7(14)8(11,12)6(9)10/h5-6H,3-4H2,1-2H3,(H,13,14). The SMILES string of the molecule is CC(CCS(C)=O)NC(=O)C(F)(F)C(F)F. The number of alkyl halides is 4. The lowest BCUT2D eigenvalue weighted by molar-refractivity contribution is -0.170. The smallest absolute Gasteiger partial charge is 0.348 e. The van der Waals surface area contributed by atoms with Crippen LogP contribution >= 0.6 is 0 Å². The molecule has 0 rings (SSSR count). The zero-order valence-corrected chi connectivity index (χ0v) is 9.62. The van der Waals surface area contributed by atoms with E-state index in [1.807, 2.05) is 0 Å². The fourth-order valence-corrected chi connectivity index (χ4v) is 1.52. The third-order valence-corrected chi connectivity index (χ3v) is 2.60. The van der Waals surface area contributed by atoms with E-state index in [9.17, 15) is 26.6 Å². The number of hydrogen-bond donors (Lipinski definition) is 1. The second-order valence-electron chi connectivity index (χ2n) is 3.36. The van der Waals surface area contributed by atoms with Gasteiger partial charge in [0.1, 0.15) is 0 Å². The Balaban J connectivity index is 4.19. The summed E-state index contributed by atoms with van der Waals surface area (Å²) in [6.07, 6.45) is -2.42.